The van der Waals surface area contributed by atoms with E-state index in [2.05, 4.69) is 37.8 Å². The first kappa shape index (κ1) is 13.7. The molecule has 0 bridgehead atoms. The van der Waals surface area contributed by atoms with E-state index in [0.717, 1.165) is 11.3 Å². The summed E-state index contributed by atoms with van der Waals surface area (Å²) in [6, 6.07) is 1.43. The van der Waals surface area contributed by atoms with E-state index in [9.17, 15) is 0 Å². The number of thioether (sulfide) groups is 1. The van der Waals surface area contributed by atoms with Crippen molar-refractivity contribution in [3.05, 3.63) is 0 Å². The van der Waals surface area contributed by atoms with Gasteiger partial charge in [-0.15, -0.1) is 0 Å². The van der Waals surface area contributed by atoms with Gasteiger partial charge in [-0.2, -0.15) is 11.8 Å². The number of nitrogens with one attached hydrogen (secondary N) is 1. The highest BCUT2D eigenvalue weighted by molar-refractivity contribution is 7.99. The third-order valence-electron chi connectivity index (χ3n) is 3.98. The Morgan fingerprint density at radius 2 is 1.88 bits per heavy atom. The smallest absolute Gasteiger partial charge is 0.0565 e. The lowest BCUT2D eigenvalue weighted by Crippen LogP contribution is -2.47. The monoisotopic (exact) mass is 257 g/mol. The van der Waals surface area contributed by atoms with Crippen molar-refractivity contribution in [3.8, 4) is 0 Å². The van der Waals surface area contributed by atoms with Crippen LogP contribution in [0.15, 0.2) is 0 Å². The minimum absolute atomic E-state index is 0.426. The summed E-state index contributed by atoms with van der Waals surface area (Å²) in [5, 5.41) is 4.77. The molecule has 3 heteroatoms. The highest BCUT2D eigenvalue weighted by Crippen LogP contribution is 2.31. The summed E-state index contributed by atoms with van der Waals surface area (Å²) in [6.45, 7) is 6.69. The van der Waals surface area contributed by atoms with Gasteiger partial charge in [0.05, 0.1) is 12.2 Å². The Kier molecular flexibility index (Phi) is 5.19. The van der Waals surface area contributed by atoms with Crippen molar-refractivity contribution in [1.82, 2.24) is 5.32 Å². The molecule has 17 heavy (non-hydrogen) atoms. The van der Waals surface area contributed by atoms with E-state index in [1.165, 1.54) is 37.9 Å². The van der Waals surface area contributed by atoms with E-state index < -0.39 is 0 Å². The highest BCUT2D eigenvalue weighted by atomic mass is 32.2. The average Bonchev–Trinajstić information content (AvgIpc) is 2.65. The zero-order chi connectivity index (χ0) is 12.3. The number of ether oxygens (including phenoxy) is 1. The topological polar surface area (TPSA) is 21.3 Å². The fourth-order valence-corrected chi connectivity index (χ4v) is 4.58. The van der Waals surface area contributed by atoms with Gasteiger partial charge in [-0.1, -0.05) is 13.3 Å². The molecule has 1 heterocycles. The maximum absolute atomic E-state index is 5.81. The van der Waals surface area contributed by atoms with Gasteiger partial charge in [0, 0.05) is 17.3 Å². The minimum atomic E-state index is 0.426. The van der Waals surface area contributed by atoms with Crippen LogP contribution in [0.4, 0.5) is 0 Å². The van der Waals surface area contributed by atoms with Gasteiger partial charge in [-0.3, -0.25) is 0 Å². The zero-order valence-corrected chi connectivity index (χ0v) is 12.3. The second-order valence-electron chi connectivity index (χ2n) is 5.62. The van der Waals surface area contributed by atoms with E-state index in [1.807, 2.05) is 0 Å². The molecule has 1 aliphatic carbocycles. The first-order chi connectivity index (χ1) is 8.19. The van der Waals surface area contributed by atoms with Crippen LogP contribution in [0.25, 0.3) is 0 Å². The molecule has 4 unspecified atom stereocenters. The van der Waals surface area contributed by atoms with Crippen LogP contribution in [0.1, 0.15) is 52.9 Å². The van der Waals surface area contributed by atoms with Crippen LogP contribution in [0.5, 0.6) is 0 Å². The van der Waals surface area contributed by atoms with E-state index in [4.69, 9.17) is 4.74 Å². The standard InChI is InChI=1S/C14H27NOS/c1-4-17-14-7-5-6-13(14)15-12-8-10(2)16-11(3)9-12/h10-15H,4-9H2,1-3H3. The van der Waals surface area contributed by atoms with Crippen LogP contribution in [-0.4, -0.2) is 35.3 Å². The van der Waals surface area contributed by atoms with Crippen molar-refractivity contribution in [1.29, 1.82) is 0 Å². The summed E-state index contributed by atoms with van der Waals surface area (Å²) < 4.78 is 5.81. The van der Waals surface area contributed by atoms with Gasteiger partial charge >= 0.3 is 0 Å². The van der Waals surface area contributed by atoms with Crippen molar-refractivity contribution < 1.29 is 4.74 Å². The molecule has 1 N–H and O–H groups in total. The van der Waals surface area contributed by atoms with Gasteiger partial charge in [-0.25, -0.2) is 0 Å². The molecule has 2 aliphatic rings. The van der Waals surface area contributed by atoms with E-state index >= 15 is 0 Å². The van der Waals surface area contributed by atoms with Gasteiger partial charge in [0.1, 0.15) is 0 Å². The molecule has 0 aromatic rings. The molecule has 2 rings (SSSR count). The van der Waals surface area contributed by atoms with Crippen molar-refractivity contribution in [3.63, 3.8) is 0 Å². The summed E-state index contributed by atoms with van der Waals surface area (Å²) in [4.78, 5) is 0. The molecular weight excluding hydrogens is 230 g/mol. The van der Waals surface area contributed by atoms with Crippen LogP contribution >= 0.6 is 11.8 Å². The zero-order valence-electron chi connectivity index (χ0n) is 11.4. The molecule has 0 aromatic heterocycles. The molecule has 100 valence electrons. The number of hydrogen-bond acceptors (Lipinski definition) is 3. The van der Waals surface area contributed by atoms with Gasteiger partial charge in [0.25, 0.3) is 0 Å². The van der Waals surface area contributed by atoms with Crippen LogP contribution in [0, 0.1) is 0 Å². The Labute approximate surface area is 110 Å². The average molecular weight is 257 g/mol. The van der Waals surface area contributed by atoms with Crippen molar-refractivity contribution in [2.24, 2.45) is 0 Å². The maximum Gasteiger partial charge on any atom is 0.0565 e. The van der Waals surface area contributed by atoms with E-state index in [-0.39, 0.29) is 0 Å². The Morgan fingerprint density at radius 1 is 1.18 bits per heavy atom. The van der Waals surface area contributed by atoms with Gasteiger partial charge < -0.3 is 10.1 Å². The highest BCUT2D eigenvalue weighted by Gasteiger charge is 2.31. The van der Waals surface area contributed by atoms with Crippen molar-refractivity contribution in [2.75, 3.05) is 5.75 Å². The molecule has 2 nitrogen and oxygen atoms in total. The van der Waals surface area contributed by atoms with E-state index in [1.54, 1.807) is 0 Å². The van der Waals surface area contributed by atoms with Gasteiger partial charge in [0.15, 0.2) is 0 Å². The fraction of sp³-hybridized carbons (Fsp3) is 1.00. The van der Waals surface area contributed by atoms with Crippen molar-refractivity contribution in [2.45, 2.75) is 82.4 Å². The molecule has 4 atom stereocenters. The Bertz CT molecular complexity index is 226. The fourth-order valence-electron chi connectivity index (χ4n) is 3.37. The third-order valence-corrected chi connectivity index (χ3v) is 5.31. The van der Waals surface area contributed by atoms with Crippen LogP contribution in [-0.2, 0) is 4.74 Å². The SMILES string of the molecule is CCSC1CCCC1NC1CC(C)OC(C)C1. The molecule has 0 radical (unpaired) electrons. The Morgan fingerprint density at radius 3 is 2.53 bits per heavy atom. The maximum atomic E-state index is 5.81. The predicted molar refractivity (Wildman–Crippen MR) is 75.7 cm³/mol. The summed E-state index contributed by atoms with van der Waals surface area (Å²) in [5.41, 5.74) is 0. The van der Waals surface area contributed by atoms with E-state index in [0.29, 0.717) is 18.2 Å². The molecule has 1 saturated carbocycles. The molecule has 0 amide bonds. The quantitative estimate of drug-likeness (QED) is 0.835. The number of rotatable bonds is 4. The molecule has 0 spiro atoms. The van der Waals surface area contributed by atoms with Crippen LogP contribution < -0.4 is 5.32 Å². The second-order valence-corrected chi connectivity index (χ2v) is 7.14. The molecular formula is C14H27NOS. The summed E-state index contributed by atoms with van der Waals surface area (Å²) >= 11 is 2.14. The lowest BCUT2D eigenvalue weighted by Gasteiger charge is -2.35. The van der Waals surface area contributed by atoms with Gasteiger partial charge in [-0.05, 0) is 45.3 Å². The largest absolute Gasteiger partial charge is 0.375 e. The second kappa shape index (κ2) is 6.44. The summed E-state index contributed by atoms with van der Waals surface area (Å²) in [5.74, 6) is 1.25. The minimum Gasteiger partial charge on any atom is -0.375 e. The lowest BCUT2D eigenvalue weighted by atomic mass is 9.98. The molecule has 1 aliphatic heterocycles. The van der Waals surface area contributed by atoms with Crippen LogP contribution in [0.2, 0.25) is 0 Å². The van der Waals surface area contributed by atoms with Crippen LogP contribution in [0.3, 0.4) is 0 Å². The number of hydrogen-bond donors (Lipinski definition) is 1. The summed E-state index contributed by atoms with van der Waals surface area (Å²) in [7, 11) is 0. The Hall–Kier alpha value is 0.270. The first-order valence-corrected chi connectivity index (χ1v) is 8.27. The first-order valence-electron chi connectivity index (χ1n) is 7.22. The molecule has 0 aromatic carbocycles. The van der Waals surface area contributed by atoms with Crippen molar-refractivity contribution >= 4 is 11.8 Å². The van der Waals surface area contributed by atoms with Gasteiger partial charge in [0.2, 0.25) is 0 Å². The Balaban J connectivity index is 1.82. The molecule has 2 fully saturated rings. The molecule has 1 saturated heterocycles. The third kappa shape index (κ3) is 3.87. The predicted octanol–water partition coefficient (Wildman–Crippen LogP) is 3.21. The lowest BCUT2D eigenvalue weighted by molar-refractivity contribution is -0.0433. The summed E-state index contributed by atoms with van der Waals surface area (Å²) in [6.07, 6.45) is 7.41. The normalized spacial score (nSPS) is 42.9.